The van der Waals surface area contributed by atoms with Gasteiger partial charge in [-0.3, -0.25) is 0 Å². The van der Waals surface area contributed by atoms with Gasteiger partial charge in [-0.15, -0.1) is 0 Å². The van der Waals surface area contributed by atoms with Crippen LogP contribution in [0.2, 0.25) is 0 Å². The second kappa shape index (κ2) is 7.50. The van der Waals surface area contributed by atoms with Crippen LogP contribution < -0.4 is 9.47 Å². The number of likely N-dealkylation sites (N-methyl/N-ethyl adjacent to an activating group) is 1. The van der Waals surface area contributed by atoms with E-state index in [9.17, 15) is 5.11 Å². The van der Waals surface area contributed by atoms with Crippen molar-refractivity contribution in [2.24, 2.45) is 0 Å². The SMILES string of the molecule is CCCCCN(C)CC(O)c1ccc2c(c1)OCCO2. The first-order valence-electron chi connectivity index (χ1n) is 7.47. The lowest BCUT2D eigenvalue weighted by atomic mass is 10.1. The number of unbranched alkanes of at least 4 members (excludes halogenated alkanes) is 2. The molecule has 112 valence electrons. The van der Waals surface area contributed by atoms with Crippen LogP contribution in [0, 0.1) is 0 Å². The van der Waals surface area contributed by atoms with Crippen molar-refractivity contribution in [3.05, 3.63) is 23.8 Å². The van der Waals surface area contributed by atoms with Gasteiger partial charge in [0, 0.05) is 6.54 Å². The highest BCUT2D eigenvalue weighted by Gasteiger charge is 2.16. The highest BCUT2D eigenvalue weighted by molar-refractivity contribution is 5.44. The molecule has 0 saturated heterocycles. The summed E-state index contributed by atoms with van der Waals surface area (Å²) in [6.07, 6.45) is 3.15. The van der Waals surface area contributed by atoms with Crippen LogP contribution in [0.5, 0.6) is 11.5 Å². The molecule has 0 amide bonds. The van der Waals surface area contributed by atoms with E-state index in [1.165, 1.54) is 19.3 Å². The molecule has 0 fully saturated rings. The number of rotatable bonds is 7. The number of nitrogens with zero attached hydrogens (tertiary/aromatic N) is 1. The van der Waals surface area contributed by atoms with E-state index in [-0.39, 0.29) is 0 Å². The number of hydrogen-bond acceptors (Lipinski definition) is 4. The molecular weight excluding hydrogens is 254 g/mol. The van der Waals surface area contributed by atoms with Crippen LogP contribution in [0.15, 0.2) is 18.2 Å². The first-order valence-corrected chi connectivity index (χ1v) is 7.47. The molecule has 1 atom stereocenters. The molecule has 1 aromatic carbocycles. The quantitative estimate of drug-likeness (QED) is 0.779. The highest BCUT2D eigenvalue weighted by Crippen LogP contribution is 2.32. The summed E-state index contributed by atoms with van der Waals surface area (Å²) in [6.45, 7) is 5.03. The average molecular weight is 279 g/mol. The first-order chi connectivity index (χ1) is 9.70. The summed E-state index contributed by atoms with van der Waals surface area (Å²) in [6, 6.07) is 5.68. The molecule has 4 nitrogen and oxygen atoms in total. The number of aliphatic hydroxyl groups is 1. The minimum atomic E-state index is -0.488. The Bertz CT molecular complexity index is 422. The number of hydrogen-bond donors (Lipinski definition) is 1. The van der Waals surface area contributed by atoms with Crippen LogP contribution in [0.25, 0.3) is 0 Å². The predicted octanol–water partition coefficient (Wildman–Crippen LogP) is 2.61. The van der Waals surface area contributed by atoms with Gasteiger partial charge in [0.2, 0.25) is 0 Å². The van der Waals surface area contributed by atoms with E-state index in [0.717, 1.165) is 23.6 Å². The van der Waals surface area contributed by atoms with E-state index in [2.05, 4.69) is 18.9 Å². The smallest absolute Gasteiger partial charge is 0.161 e. The summed E-state index contributed by atoms with van der Waals surface area (Å²) in [4.78, 5) is 2.18. The number of fused-ring (bicyclic) bond motifs is 1. The monoisotopic (exact) mass is 279 g/mol. The van der Waals surface area contributed by atoms with Gasteiger partial charge in [0.1, 0.15) is 13.2 Å². The fraction of sp³-hybridized carbons (Fsp3) is 0.625. The van der Waals surface area contributed by atoms with Gasteiger partial charge in [0.25, 0.3) is 0 Å². The molecule has 1 aromatic rings. The van der Waals surface area contributed by atoms with Crippen LogP contribution in [0.3, 0.4) is 0 Å². The molecule has 0 saturated carbocycles. The van der Waals surface area contributed by atoms with Gasteiger partial charge in [-0.2, -0.15) is 0 Å². The van der Waals surface area contributed by atoms with E-state index in [1.54, 1.807) is 0 Å². The molecule has 0 spiro atoms. The van der Waals surface area contributed by atoms with Crippen molar-refractivity contribution in [1.29, 1.82) is 0 Å². The van der Waals surface area contributed by atoms with E-state index in [1.807, 2.05) is 18.2 Å². The maximum atomic E-state index is 10.3. The zero-order chi connectivity index (χ0) is 14.4. The van der Waals surface area contributed by atoms with Crippen molar-refractivity contribution in [2.75, 3.05) is 33.4 Å². The summed E-state index contributed by atoms with van der Waals surface area (Å²) in [5.41, 5.74) is 0.886. The van der Waals surface area contributed by atoms with Gasteiger partial charge in [0.05, 0.1) is 6.10 Å². The molecule has 4 heteroatoms. The summed E-state index contributed by atoms with van der Waals surface area (Å²) < 4.78 is 11.0. The largest absolute Gasteiger partial charge is 0.486 e. The molecule has 2 rings (SSSR count). The lowest BCUT2D eigenvalue weighted by Gasteiger charge is -2.23. The van der Waals surface area contributed by atoms with E-state index >= 15 is 0 Å². The Kier molecular flexibility index (Phi) is 5.68. The van der Waals surface area contributed by atoms with E-state index < -0.39 is 6.10 Å². The number of ether oxygens (including phenoxy) is 2. The summed E-state index contributed by atoms with van der Waals surface area (Å²) >= 11 is 0. The van der Waals surface area contributed by atoms with E-state index in [0.29, 0.717) is 19.8 Å². The standard InChI is InChI=1S/C16H25NO3/c1-3-4-5-8-17(2)12-14(18)13-6-7-15-16(11-13)20-10-9-19-15/h6-7,11,14,18H,3-5,8-10,12H2,1-2H3. The van der Waals surface area contributed by atoms with Gasteiger partial charge in [0.15, 0.2) is 11.5 Å². The third kappa shape index (κ3) is 4.12. The molecule has 1 aliphatic rings. The van der Waals surface area contributed by atoms with Gasteiger partial charge in [-0.05, 0) is 37.7 Å². The summed E-state index contributed by atoms with van der Waals surface area (Å²) in [5.74, 6) is 1.50. The Labute approximate surface area is 121 Å². The molecule has 1 unspecified atom stereocenters. The third-order valence-electron chi connectivity index (χ3n) is 3.58. The second-order valence-corrected chi connectivity index (χ2v) is 5.39. The van der Waals surface area contributed by atoms with Crippen molar-refractivity contribution in [3.63, 3.8) is 0 Å². The third-order valence-corrected chi connectivity index (χ3v) is 3.58. The topological polar surface area (TPSA) is 41.9 Å². The Balaban J connectivity index is 1.90. The highest BCUT2D eigenvalue weighted by atomic mass is 16.6. The first kappa shape index (κ1) is 15.1. The average Bonchev–Trinajstić information content (AvgIpc) is 2.47. The molecule has 1 aliphatic heterocycles. The Morgan fingerprint density at radius 3 is 2.70 bits per heavy atom. The molecule has 20 heavy (non-hydrogen) atoms. The lowest BCUT2D eigenvalue weighted by molar-refractivity contribution is 0.124. The maximum Gasteiger partial charge on any atom is 0.161 e. The Morgan fingerprint density at radius 1 is 1.20 bits per heavy atom. The van der Waals surface area contributed by atoms with Crippen molar-refractivity contribution in [2.45, 2.75) is 32.3 Å². The van der Waals surface area contributed by atoms with Crippen LogP contribution in [-0.4, -0.2) is 43.4 Å². The van der Waals surface area contributed by atoms with Crippen LogP contribution in [0.1, 0.15) is 37.9 Å². The minimum Gasteiger partial charge on any atom is -0.486 e. The number of benzene rings is 1. The van der Waals surface area contributed by atoms with Crippen molar-refractivity contribution >= 4 is 0 Å². The van der Waals surface area contributed by atoms with Crippen LogP contribution in [-0.2, 0) is 0 Å². The normalized spacial score (nSPS) is 15.4. The van der Waals surface area contributed by atoms with Gasteiger partial charge in [-0.1, -0.05) is 25.8 Å². The Hall–Kier alpha value is -1.26. The van der Waals surface area contributed by atoms with Crippen molar-refractivity contribution in [1.82, 2.24) is 4.90 Å². The second-order valence-electron chi connectivity index (χ2n) is 5.39. The van der Waals surface area contributed by atoms with Gasteiger partial charge < -0.3 is 19.5 Å². The zero-order valence-corrected chi connectivity index (χ0v) is 12.5. The lowest BCUT2D eigenvalue weighted by Crippen LogP contribution is -2.25. The molecular formula is C16H25NO3. The summed E-state index contributed by atoms with van der Waals surface area (Å²) in [5, 5.41) is 10.3. The molecule has 0 aliphatic carbocycles. The summed E-state index contributed by atoms with van der Waals surface area (Å²) in [7, 11) is 2.05. The molecule has 0 aromatic heterocycles. The van der Waals surface area contributed by atoms with E-state index in [4.69, 9.17) is 9.47 Å². The fourth-order valence-electron chi connectivity index (χ4n) is 2.39. The Morgan fingerprint density at radius 2 is 1.95 bits per heavy atom. The molecule has 1 heterocycles. The molecule has 0 bridgehead atoms. The van der Waals surface area contributed by atoms with Crippen LogP contribution >= 0.6 is 0 Å². The predicted molar refractivity (Wildman–Crippen MR) is 79.4 cm³/mol. The van der Waals surface area contributed by atoms with Crippen molar-refractivity contribution in [3.8, 4) is 11.5 Å². The van der Waals surface area contributed by atoms with Gasteiger partial charge >= 0.3 is 0 Å². The maximum absolute atomic E-state index is 10.3. The fourth-order valence-corrected chi connectivity index (χ4v) is 2.39. The number of aliphatic hydroxyl groups excluding tert-OH is 1. The molecule has 1 N–H and O–H groups in total. The zero-order valence-electron chi connectivity index (χ0n) is 12.5. The molecule has 0 radical (unpaired) electrons. The van der Waals surface area contributed by atoms with Crippen LogP contribution in [0.4, 0.5) is 0 Å². The minimum absolute atomic E-state index is 0.488. The van der Waals surface area contributed by atoms with Crippen molar-refractivity contribution < 1.29 is 14.6 Å². The van der Waals surface area contributed by atoms with Gasteiger partial charge in [-0.25, -0.2) is 0 Å².